The number of para-hydroxylation sites is 4. The number of aromatic nitrogens is 8. The lowest BCUT2D eigenvalue weighted by Gasteiger charge is -2.16. The van der Waals surface area contributed by atoms with E-state index in [1.54, 1.807) is 0 Å². The first-order chi connectivity index (χ1) is 61.5. The van der Waals surface area contributed by atoms with Gasteiger partial charge >= 0.3 is 0 Å². The maximum Gasteiger partial charge on any atom is 0.165 e. The molecule has 0 saturated carbocycles. The SMILES string of the molecule is c1ccc(-n2c3ccccc3c3cc(-c4nc5c(ccc6cc(-c7ccc8c(c7)c7ccccc7c7ccc9c(c%10cc%11ccccc%11cc%10n9-c9nc%10c(ccc%11ccccc%11%10)nc9-c9ccc%10c(c9)c9ccccc9n%10-c9ccccc9)c78)ccc65)nc4-n4c5cc6ccccc6cc5c5c6c7ccccc7c7ccccc7c6ccc54)ccc32)cc1. The molecule has 0 aliphatic heterocycles. The molecular weight excluding hydrogens is 1510 g/mol. The van der Waals surface area contributed by atoms with E-state index >= 15 is 0 Å². The third kappa shape index (κ3) is 9.50. The van der Waals surface area contributed by atoms with Crippen molar-refractivity contribution in [3.63, 3.8) is 0 Å². The van der Waals surface area contributed by atoms with Crippen LogP contribution in [0.15, 0.2) is 400 Å². The van der Waals surface area contributed by atoms with Gasteiger partial charge in [0, 0.05) is 87.1 Å². The number of nitrogens with zero attached hydrogens (tertiary/aromatic N) is 8. The van der Waals surface area contributed by atoms with E-state index in [4.69, 9.17) is 19.9 Å². The smallest absolute Gasteiger partial charge is 0.165 e. The predicted molar refractivity (Wildman–Crippen MR) is 521 cm³/mol. The summed E-state index contributed by atoms with van der Waals surface area (Å²) in [6.45, 7) is 0. The molecular formula is C116H66N8. The summed E-state index contributed by atoms with van der Waals surface area (Å²) in [6.07, 6.45) is 0. The Kier molecular flexibility index (Phi) is 13.8. The summed E-state index contributed by atoms with van der Waals surface area (Å²) in [6, 6.07) is 148. The van der Waals surface area contributed by atoms with Crippen molar-refractivity contribution in [2.45, 2.75) is 0 Å². The van der Waals surface area contributed by atoms with Crippen LogP contribution in [-0.4, -0.2) is 38.2 Å². The molecule has 570 valence electrons. The molecule has 0 bridgehead atoms. The molecule has 0 saturated heterocycles. The summed E-state index contributed by atoms with van der Waals surface area (Å²) in [7, 11) is 0. The van der Waals surface area contributed by atoms with Gasteiger partial charge in [0.15, 0.2) is 11.6 Å². The summed E-state index contributed by atoms with van der Waals surface area (Å²) in [5, 5.41) is 32.7. The molecule has 0 unspecified atom stereocenters. The molecule has 0 radical (unpaired) electrons. The van der Waals surface area contributed by atoms with Crippen LogP contribution >= 0.6 is 0 Å². The number of hydrogen-bond acceptors (Lipinski definition) is 4. The molecule has 22 aromatic carbocycles. The molecule has 0 atom stereocenters. The van der Waals surface area contributed by atoms with Crippen LogP contribution in [0, 0.1) is 0 Å². The maximum atomic E-state index is 6.08. The van der Waals surface area contributed by atoms with Gasteiger partial charge in [-0.1, -0.05) is 279 Å². The van der Waals surface area contributed by atoms with Crippen LogP contribution in [0.25, 0.3) is 274 Å². The van der Waals surface area contributed by atoms with Crippen molar-refractivity contribution in [3.8, 4) is 56.7 Å². The van der Waals surface area contributed by atoms with Crippen molar-refractivity contribution in [3.05, 3.63) is 400 Å². The Morgan fingerprint density at radius 1 is 0.153 bits per heavy atom. The second kappa shape index (κ2) is 25.4. The Morgan fingerprint density at radius 2 is 0.500 bits per heavy atom. The van der Waals surface area contributed by atoms with Gasteiger partial charge in [-0.25, -0.2) is 19.9 Å². The van der Waals surface area contributed by atoms with Gasteiger partial charge in [-0.05, 0) is 219 Å². The highest BCUT2D eigenvalue weighted by atomic mass is 15.1. The maximum absolute atomic E-state index is 6.08. The summed E-state index contributed by atoms with van der Waals surface area (Å²) in [5.74, 6) is 1.53. The molecule has 8 nitrogen and oxygen atoms in total. The molecule has 28 rings (SSSR count). The molecule has 0 aliphatic rings. The molecule has 6 aromatic heterocycles. The molecule has 6 heterocycles. The zero-order chi connectivity index (χ0) is 80.7. The number of fused-ring (bicyclic) bond motifs is 34. The summed E-state index contributed by atoms with van der Waals surface area (Å²) < 4.78 is 9.62. The van der Waals surface area contributed by atoms with Gasteiger partial charge in [0.25, 0.3) is 0 Å². The average Bonchev–Trinajstić information content (AvgIpc) is 1.51. The molecule has 0 amide bonds. The van der Waals surface area contributed by atoms with Gasteiger partial charge < -0.3 is 9.13 Å². The first kappa shape index (κ1) is 67.2. The van der Waals surface area contributed by atoms with Crippen molar-refractivity contribution in [1.29, 1.82) is 0 Å². The lowest BCUT2D eigenvalue weighted by Crippen LogP contribution is -2.04. The first-order valence-corrected chi connectivity index (χ1v) is 42.6. The normalized spacial score (nSPS) is 12.4. The molecule has 124 heavy (non-hydrogen) atoms. The van der Waals surface area contributed by atoms with Crippen molar-refractivity contribution >= 4 is 217 Å². The van der Waals surface area contributed by atoms with Crippen LogP contribution in [0.4, 0.5) is 0 Å². The fraction of sp³-hybridized carbons (Fsp3) is 0. The molecule has 0 spiro atoms. The van der Waals surface area contributed by atoms with Crippen molar-refractivity contribution in [1.82, 2.24) is 38.2 Å². The van der Waals surface area contributed by atoms with Crippen molar-refractivity contribution < 1.29 is 0 Å². The third-order valence-corrected chi connectivity index (χ3v) is 26.9. The van der Waals surface area contributed by atoms with Crippen LogP contribution in [-0.2, 0) is 0 Å². The molecule has 0 fully saturated rings. The number of rotatable bonds is 7. The molecule has 0 aliphatic carbocycles. The van der Waals surface area contributed by atoms with Crippen LogP contribution in [0.2, 0.25) is 0 Å². The van der Waals surface area contributed by atoms with E-state index in [1.165, 1.54) is 91.6 Å². The zero-order valence-electron chi connectivity index (χ0n) is 66.7. The van der Waals surface area contributed by atoms with Gasteiger partial charge in [0.05, 0.1) is 66.2 Å². The highest BCUT2D eigenvalue weighted by Gasteiger charge is 2.29. The Morgan fingerprint density at radius 3 is 1.05 bits per heavy atom. The van der Waals surface area contributed by atoms with E-state index in [2.05, 4.69) is 419 Å². The van der Waals surface area contributed by atoms with E-state index in [0.717, 1.165) is 182 Å². The van der Waals surface area contributed by atoms with E-state index in [1.807, 2.05) is 0 Å². The van der Waals surface area contributed by atoms with Gasteiger partial charge in [-0.15, -0.1) is 0 Å². The largest absolute Gasteiger partial charge is 0.309 e. The Labute approximate surface area is 707 Å². The van der Waals surface area contributed by atoms with Crippen molar-refractivity contribution in [2.75, 3.05) is 0 Å². The highest BCUT2D eigenvalue weighted by molar-refractivity contribution is 6.38. The van der Waals surface area contributed by atoms with Crippen LogP contribution in [0.5, 0.6) is 0 Å². The quantitative estimate of drug-likeness (QED) is 0.149. The monoisotopic (exact) mass is 1570 g/mol. The minimum absolute atomic E-state index is 0.763. The summed E-state index contributed by atoms with van der Waals surface area (Å²) in [4.78, 5) is 23.9. The van der Waals surface area contributed by atoms with E-state index < -0.39 is 0 Å². The lowest BCUT2D eigenvalue weighted by atomic mass is 9.89. The summed E-state index contributed by atoms with van der Waals surface area (Å²) >= 11 is 0. The minimum atomic E-state index is 0.763. The Bertz CT molecular complexity index is 9610. The third-order valence-electron chi connectivity index (χ3n) is 26.9. The number of hydrogen-bond donors (Lipinski definition) is 0. The minimum Gasteiger partial charge on any atom is -0.309 e. The first-order valence-electron chi connectivity index (χ1n) is 42.6. The van der Waals surface area contributed by atoms with E-state index in [-0.39, 0.29) is 0 Å². The van der Waals surface area contributed by atoms with Gasteiger partial charge in [0.1, 0.15) is 11.4 Å². The van der Waals surface area contributed by atoms with Gasteiger partial charge in [0.2, 0.25) is 0 Å². The second-order valence-electron chi connectivity index (χ2n) is 33.4. The average molecular weight is 1570 g/mol. The second-order valence-corrected chi connectivity index (χ2v) is 33.4. The fourth-order valence-corrected chi connectivity index (χ4v) is 21.5. The highest BCUT2D eigenvalue weighted by Crippen LogP contribution is 2.51. The van der Waals surface area contributed by atoms with Crippen molar-refractivity contribution in [2.24, 2.45) is 0 Å². The van der Waals surface area contributed by atoms with E-state index in [0.29, 0.717) is 0 Å². The standard InChI is InChI=1S/C116H66N8/c1-3-28-77(29-4-1)121-99-41-21-19-38-86(99)93-63-75(47-55-101(93)121)111-116(120-114-79-32-12-11-23-67(79)45-53-97(114)117-111)124-104-58-52-90-84-36-15-16-37-85(84)92-60-73(44-50-91(92)108(90)110(104)96-62-69-25-8-10-27-71(69)66-106(96)124)72-43-49-80-74(59-72)46-54-98-113(80)119-112(76-48-56-102-94(64-76)87-39-20-22-42-100(87)122(102)78-30-5-2-6-31-78)115(118-98)123-103-57-51-89-83-35-14-13-33-81(83)82-34-17-18-40-88(82)107(89)109(103)95-61-68-24-7-9-26-70(68)65-105(95)123/h1-66H. The zero-order valence-corrected chi connectivity index (χ0v) is 66.7. The molecule has 28 aromatic rings. The van der Waals surface area contributed by atoms with Crippen LogP contribution in [0.1, 0.15) is 0 Å². The predicted octanol–water partition coefficient (Wildman–Crippen LogP) is 30.5. The van der Waals surface area contributed by atoms with Gasteiger partial charge in [-0.2, -0.15) is 0 Å². The lowest BCUT2D eigenvalue weighted by molar-refractivity contribution is 1.08. The summed E-state index contributed by atoms with van der Waals surface area (Å²) in [5.41, 5.74) is 20.1. The van der Waals surface area contributed by atoms with Crippen LogP contribution < -0.4 is 0 Å². The fourth-order valence-electron chi connectivity index (χ4n) is 21.5. The Hall–Kier alpha value is -16.7. The topological polar surface area (TPSA) is 71.3 Å². The molecule has 0 N–H and O–H groups in total. The van der Waals surface area contributed by atoms with E-state index in [9.17, 15) is 0 Å². The van der Waals surface area contributed by atoms with Crippen LogP contribution in [0.3, 0.4) is 0 Å². The molecule has 8 heteroatoms. The Balaban J connectivity index is 0.662. The van der Waals surface area contributed by atoms with Gasteiger partial charge in [-0.3, -0.25) is 9.13 Å². The number of benzene rings is 22.